The molecule has 2 aromatic rings. The highest BCUT2D eigenvalue weighted by atomic mass is 16.3. The lowest BCUT2D eigenvalue weighted by molar-refractivity contribution is -0.122. The molecule has 7 heteroatoms. The van der Waals surface area contributed by atoms with E-state index in [9.17, 15) is 4.79 Å². The van der Waals surface area contributed by atoms with Crippen molar-refractivity contribution in [2.24, 2.45) is 5.73 Å². The van der Waals surface area contributed by atoms with Gasteiger partial charge in [0.15, 0.2) is 5.76 Å². The molecule has 0 fully saturated rings. The van der Waals surface area contributed by atoms with Gasteiger partial charge >= 0.3 is 0 Å². The van der Waals surface area contributed by atoms with Crippen LogP contribution >= 0.6 is 0 Å². The SMILES string of the molecule is NC(=O)c1occc1-c1cn[nH]c1.O=CO. The lowest BCUT2D eigenvalue weighted by Crippen LogP contribution is -2.10. The molecule has 2 aromatic heterocycles. The van der Waals surface area contributed by atoms with Gasteiger partial charge in [-0.3, -0.25) is 14.7 Å². The van der Waals surface area contributed by atoms with Crippen LogP contribution in [0.2, 0.25) is 0 Å². The van der Waals surface area contributed by atoms with Crippen molar-refractivity contribution < 1.29 is 19.1 Å². The fourth-order valence-corrected chi connectivity index (χ4v) is 1.13. The Morgan fingerprint density at radius 2 is 2.31 bits per heavy atom. The van der Waals surface area contributed by atoms with Crippen molar-refractivity contribution in [2.45, 2.75) is 0 Å². The van der Waals surface area contributed by atoms with Crippen molar-refractivity contribution in [2.75, 3.05) is 0 Å². The summed E-state index contributed by atoms with van der Waals surface area (Å²) in [4.78, 5) is 19.2. The Balaban J connectivity index is 0.000000386. The molecule has 0 aliphatic rings. The van der Waals surface area contributed by atoms with Crippen LogP contribution in [0.5, 0.6) is 0 Å². The minimum atomic E-state index is -0.582. The molecule has 0 saturated heterocycles. The minimum absolute atomic E-state index is 0.154. The second-order valence-electron chi connectivity index (χ2n) is 2.62. The Morgan fingerprint density at radius 3 is 2.81 bits per heavy atom. The molecule has 0 unspecified atom stereocenters. The first-order chi connectivity index (χ1) is 7.70. The summed E-state index contributed by atoms with van der Waals surface area (Å²) in [5.74, 6) is -0.428. The molecule has 0 saturated carbocycles. The minimum Gasteiger partial charge on any atom is -0.483 e. The Bertz CT molecular complexity index is 461. The maximum atomic E-state index is 10.9. The fraction of sp³-hybridized carbons (Fsp3) is 0. The summed E-state index contributed by atoms with van der Waals surface area (Å²) < 4.78 is 4.93. The number of furan rings is 1. The Kier molecular flexibility index (Phi) is 3.84. The van der Waals surface area contributed by atoms with E-state index in [1.165, 1.54) is 6.26 Å². The van der Waals surface area contributed by atoms with Crippen molar-refractivity contribution in [3.63, 3.8) is 0 Å². The maximum absolute atomic E-state index is 10.9. The number of aromatic nitrogens is 2. The Hall–Kier alpha value is -2.57. The third-order valence-corrected chi connectivity index (χ3v) is 1.70. The number of H-pyrrole nitrogens is 1. The summed E-state index contributed by atoms with van der Waals surface area (Å²) in [7, 11) is 0. The Morgan fingerprint density at radius 1 is 1.62 bits per heavy atom. The fourth-order valence-electron chi connectivity index (χ4n) is 1.13. The van der Waals surface area contributed by atoms with Crippen LogP contribution in [0, 0.1) is 0 Å². The number of hydrogen-bond donors (Lipinski definition) is 3. The number of carboxylic acid groups (broad SMARTS) is 1. The van der Waals surface area contributed by atoms with E-state index < -0.39 is 5.91 Å². The highest BCUT2D eigenvalue weighted by Gasteiger charge is 2.13. The van der Waals surface area contributed by atoms with Gasteiger partial charge in [0, 0.05) is 17.3 Å². The quantitative estimate of drug-likeness (QED) is 0.638. The van der Waals surface area contributed by atoms with Crippen LogP contribution in [0.25, 0.3) is 11.1 Å². The van der Waals surface area contributed by atoms with Crippen LogP contribution in [0.3, 0.4) is 0 Å². The van der Waals surface area contributed by atoms with Gasteiger partial charge < -0.3 is 15.3 Å². The van der Waals surface area contributed by atoms with Crippen molar-refractivity contribution in [3.8, 4) is 11.1 Å². The molecule has 16 heavy (non-hydrogen) atoms. The molecule has 0 bridgehead atoms. The molecule has 1 amide bonds. The molecular weight excluding hydrogens is 214 g/mol. The first-order valence-electron chi connectivity index (χ1n) is 4.15. The lowest BCUT2D eigenvalue weighted by Gasteiger charge is -1.93. The average Bonchev–Trinajstić information content (AvgIpc) is 2.89. The van der Waals surface area contributed by atoms with Crippen LogP contribution in [0.4, 0.5) is 0 Å². The van der Waals surface area contributed by atoms with Gasteiger partial charge in [0.1, 0.15) is 0 Å². The zero-order valence-electron chi connectivity index (χ0n) is 8.08. The van der Waals surface area contributed by atoms with Gasteiger partial charge in [0.2, 0.25) is 0 Å². The summed E-state index contributed by atoms with van der Waals surface area (Å²) in [6.45, 7) is -0.250. The van der Waals surface area contributed by atoms with Gasteiger partial charge in [-0.25, -0.2) is 0 Å². The molecule has 7 nitrogen and oxygen atoms in total. The number of nitrogens with one attached hydrogen (secondary N) is 1. The van der Waals surface area contributed by atoms with Crippen molar-refractivity contribution in [1.29, 1.82) is 0 Å². The number of carbonyl (C=O) groups excluding carboxylic acids is 1. The number of aromatic amines is 1. The molecule has 0 spiro atoms. The predicted octanol–water partition coefficient (Wildman–Crippen LogP) is 0.469. The van der Waals surface area contributed by atoms with E-state index in [-0.39, 0.29) is 12.2 Å². The van der Waals surface area contributed by atoms with Crippen LogP contribution in [-0.4, -0.2) is 27.7 Å². The summed E-state index contributed by atoms with van der Waals surface area (Å²) in [5.41, 5.74) is 6.54. The number of amides is 1. The predicted molar refractivity (Wildman–Crippen MR) is 53.5 cm³/mol. The standard InChI is InChI=1S/C8H7N3O2.CH2O2/c9-8(12)7-6(1-2-13-7)5-3-10-11-4-5;2-1-3/h1-4H,(H2,9,12)(H,10,11);1H,(H,2,3). The second-order valence-corrected chi connectivity index (χ2v) is 2.62. The molecule has 84 valence electrons. The lowest BCUT2D eigenvalue weighted by atomic mass is 10.1. The van der Waals surface area contributed by atoms with Crippen molar-refractivity contribution in [3.05, 3.63) is 30.5 Å². The molecule has 0 atom stereocenters. The van der Waals surface area contributed by atoms with Crippen LogP contribution < -0.4 is 5.73 Å². The number of hydrogen-bond acceptors (Lipinski definition) is 4. The molecule has 0 aromatic carbocycles. The molecule has 4 N–H and O–H groups in total. The molecule has 0 aliphatic heterocycles. The summed E-state index contributed by atoms with van der Waals surface area (Å²) >= 11 is 0. The first kappa shape index (κ1) is 11.5. The number of nitrogens with two attached hydrogens (primary N) is 1. The summed E-state index contributed by atoms with van der Waals surface area (Å²) in [5, 5.41) is 13.3. The second kappa shape index (κ2) is 5.35. The normalized spacial score (nSPS) is 9.00. The van der Waals surface area contributed by atoms with E-state index in [4.69, 9.17) is 20.1 Å². The topological polar surface area (TPSA) is 122 Å². The molecule has 0 radical (unpaired) electrons. The van der Waals surface area contributed by atoms with E-state index in [0.29, 0.717) is 5.56 Å². The van der Waals surface area contributed by atoms with Crippen LogP contribution in [0.1, 0.15) is 10.6 Å². The molecule has 2 rings (SSSR count). The van der Waals surface area contributed by atoms with Gasteiger partial charge in [-0.2, -0.15) is 5.10 Å². The zero-order chi connectivity index (χ0) is 12.0. The van der Waals surface area contributed by atoms with Gasteiger partial charge in [0.05, 0.1) is 12.5 Å². The van der Waals surface area contributed by atoms with Gasteiger partial charge in [-0.1, -0.05) is 0 Å². The zero-order valence-corrected chi connectivity index (χ0v) is 8.08. The van der Waals surface area contributed by atoms with E-state index in [1.807, 2.05) is 0 Å². The number of primary amides is 1. The largest absolute Gasteiger partial charge is 0.483 e. The summed E-state index contributed by atoms with van der Waals surface area (Å²) in [6.07, 6.45) is 4.68. The first-order valence-corrected chi connectivity index (χ1v) is 4.15. The van der Waals surface area contributed by atoms with Gasteiger partial charge in [0.25, 0.3) is 12.4 Å². The smallest absolute Gasteiger partial charge is 0.290 e. The highest BCUT2D eigenvalue weighted by molar-refractivity contribution is 5.96. The maximum Gasteiger partial charge on any atom is 0.290 e. The molecular formula is C9H9N3O4. The molecule has 0 aliphatic carbocycles. The van der Waals surface area contributed by atoms with Crippen LogP contribution in [-0.2, 0) is 4.79 Å². The highest BCUT2D eigenvalue weighted by Crippen LogP contribution is 2.22. The number of rotatable bonds is 2. The third-order valence-electron chi connectivity index (χ3n) is 1.70. The number of carbonyl (C=O) groups is 2. The average molecular weight is 223 g/mol. The van der Waals surface area contributed by atoms with Gasteiger partial charge in [-0.15, -0.1) is 0 Å². The van der Waals surface area contributed by atoms with Crippen molar-refractivity contribution >= 4 is 12.4 Å². The van der Waals surface area contributed by atoms with E-state index in [0.717, 1.165) is 5.56 Å². The van der Waals surface area contributed by atoms with Crippen LogP contribution in [0.15, 0.2) is 29.1 Å². The van der Waals surface area contributed by atoms with E-state index >= 15 is 0 Å². The van der Waals surface area contributed by atoms with E-state index in [2.05, 4.69) is 10.2 Å². The van der Waals surface area contributed by atoms with E-state index in [1.54, 1.807) is 18.5 Å². The third kappa shape index (κ3) is 2.47. The van der Waals surface area contributed by atoms with Crippen molar-refractivity contribution in [1.82, 2.24) is 10.2 Å². The number of nitrogens with zero attached hydrogens (tertiary/aromatic N) is 1. The summed E-state index contributed by atoms with van der Waals surface area (Å²) in [6, 6.07) is 1.67. The monoisotopic (exact) mass is 223 g/mol. The molecule has 2 heterocycles. The van der Waals surface area contributed by atoms with Gasteiger partial charge in [-0.05, 0) is 6.07 Å². The Labute approximate surface area is 89.9 Å².